The van der Waals surface area contributed by atoms with E-state index in [2.05, 4.69) is 4.98 Å². The monoisotopic (exact) mass is 394 g/mol. The Hall–Kier alpha value is -2.93. The zero-order valence-corrected chi connectivity index (χ0v) is 16.7. The summed E-state index contributed by atoms with van der Waals surface area (Å²) < 4.78 is 8.63. The second-order valence-corrected chi connectivity index (χ2v) is 7.41. The molecule has 0 radical (unpaired) electrons. The van der Waals surface area contributed by atoms with Gasteiger partial charge in [-0.15, -0.1) is 0 Å². The zero-order valence-electron chi connectivity index (χ0n) is 16.7. The van der Waals surface area contributed by atoms with Crippen molar-refractivity contribution < 1.29 is 9.53 Å². The molecule has 3 aromatic rings. The summed E-state index contributed by atoms with van der Waals surface area (Å²) in [6.45, 7) is 2.16. The maximum Gasteiger partial charge on any atom is 0.330 e. The molecule has 1 saturated heterocycles. The SMILES string of the molecule is COCCn1c(=O)n(C2CCN(C(=O)CCc3ccccc3)C2)c2ncccc21. The summed E-state index contributed by atoms with van der Waals surface area (Å²) in [6, 6.07) is 13.7. The van der Waals surface area contributed by atoms with E-state index >= 15 is 0 Å². The molecule has 0 N–H and O–H groups in total. The minimum Gasteiger partial charge on any atom is -0.383 e. The molecule has 1 unspecified atom stereocenters. The lowest BCUT2D eigenvalue weighted by molar-refractivity contribution is -0.130. The first kappa shape index (κ1) is 19.4. The topological polar surface area (TPSA) is 69.4 Å². The maximum atomic E-state index is 13.1. The van der Waals surface area contributed by atoms with E-state index in [-0.39, 0.29) is 17.6 Å². The molecule has 7 heteroatoms. The molecule has 0 spiro atoms. The molecule has 7 nitrogen and oxygen atoms in total. The molecule has 0 bridgehead atoms. The first-order valence-electron chi connectivity index (χ1n) is 10.1. The van der Waals surface area contributed by atoms with Gasteiger partial charge in [-0.25, -0.2) is 9.78 Å². The summed E-state index contributed by atoms with van der Waals surface area (Å²) in [6.07, 6.45) is 3.69. The van der Waals surface area contributed by atoms with Gasteiger partial charge >= 0.3 is 5.69 Å². The second kappa shape index (κ2) is 8.61. The number of fused-ring (bicyclic) bond motifs is 1. The van der Waals surface area contributed by atoms with Gasteiger partial charge in [-0.2, -0.15) is 0 Å². The number of carbonyl (C=O) groups is 1. The van der Waals surface area contributed by atoms with Gasteiger partial charge in [0.05, 0.1) is 24.7 Å². The first-order chi connectivity index (χ1) is 14.2. The Morgan fingerprint density at radius 3 is 2.83 bits per heavy atom. The van der Waals surface area contributed by atoms with Crippen LogP contribution in [0.4, 0.5) is 0 Å². The summed E-state index contributed by atoms with van der Waals surface area (Å²) in [5.41, 5.74) is 2.57. The maximum absolute atomic E-state index is 13.1. The van der Waals surface area contributed by atoms with Crippen LogP contribution in [0.15, 0.2) is 53.5 Å². The Kier molecular flexibility index (Phi) is 5.76. The van der Waals surface area contributed by atoms with E-state index < -0.39 is 0 Å². The number of nitrogens with zero attached hydrogens (tertiary/aromatic N) is 4. The van der Waals surface area contributed by atoms with Gasteiger partial charge < -0.3 is 9.64 Å². The summed E-state index contributed by atoms with van der Waals surface area (Å²) in [4.78, 5) is 32.1. The molecule has 1 fully saturated rings. The van der Waals surface area contributed by atoms with Gasteiger partial charge in [-0.3, -0.25) is 13.9 Å². The highest BCUT2D eigenvalue weighted by Gasteiger charge is 2.30. The minimum atomic E-state index is -0.0839. The van der Waals surface area contributed by atoms with Crippen LogP contribution in [0.25, 0.3) is 11.2 Å². The Balaban J connectivity index is 1.50. The van der Waals surface area contributed by atoms with Crippen LogP contribution < -0.4 is 5.69 Å². The van der Waals surface area contributed by atoms with Gasteiger partial charge in [-0.1, -0.05) is 30.3 Å². The highest BCUT2D eigenvalue weighted by atomic mass is 16.5. The van der Waals surface area contributed by atoms with Crippen LogP contribution >= 0.6 is 0 Å². The van der Waals surface area contributed by atoms with Crippen molar-refractivity contribution in [2.45, 2.75) is 31.8 Å². The Morgan fingerprint density at radius 1 is 1.21 bits per heavy atom. The van der Waals surface area contributed by atoms with Crippen LogP contribution in [0.5, 0.6) is 0 Å². The number of rotatable bonds is 7. The van der Waals surface area contributed by atoms with Crippen LogP contribution in [0.3, 0.4) is 0 Å². The van der Waals surface area contributed by atoms with E-state index in [4.69, 9.17) is 4.74 Å². The largest absolute Gasteiger partial charge is 0.383 e. The molecule has 29 heavy (non-hydrogen) atoms. The van der Waals surface area contributed by atoms with Crippen molar-refractivity contribution in [3.8, 4) is 0 Å². The van der Waals surface area contributed by atoms with Crippen LogP contribution in [-0.2, 0) is 22.5 Å². The Morgan fingerprint density at radius 2 is 2.03 bits per heavy atom. The quantitative estimate of drug-likeness (QED) is 0.616. The molecule has 1 aliphatic heterocycles. The average molecular weight is 394 g/mol. The predicted octanol–water partition coefficient (Wildman–Crippen LogP) is 2.25. The molecule has 0 aliphatic carbocycles. The Labute approximate surface area is 169 Å². The Bertz CT molecular complexity index is 1040. The molecule has 4 rings (SSSR count). The molecule has 1 aromatic carbocycles. The van der Waals surface area contributed by atoms with Crippen molar-refractivity contribution in [1.82, 2.24) is 19.0 Å². The van der Waals surface area contributed by atoms with Crippen molar-refractivity contribution in [2.24, 2.45) is 0 Å². The molecule has 3 heterocycles. The molecular weight excluding hydrogens is 368 g/mol. The highest BCUT2D eigenvalue weighted by molar-refractivity contribution is 5.77. The van der Waals surface area contributed by atoms with Crippen LogP contribution in [0.1, 0.15) is 24.4 Å². The van der Waals surface area contributed by atoms with Crippen molar-refractivity contribution in [2.75, 3.05) is 26.8 Å². The van der Waals surface area contributed by atoms with Gasteiger partial charge in [0.15, 0.2) is 5.65 Å². The lowest BCUT2D eigenvalue weighted by atomic mass is 10.1. The zero-order chi connectivity index (χ0) is 20.2. The molecule has 0 saturated carbocycles. The van der Waals surface area contributed by atoms with E-state index in [1.54, 1.807) is 22.4 Å². The van der Waals surface area contributed by atoms with E-state index in [0.29, 0.717) is 38.3 Å². The fraction of sp³-hybridized carbons (Fsp3) is 0.409. The second-order valence-electron chi connectivity index (χ2n) is 7.41. The molecule has 1 atom stereocenters. The van der Waals surface area contributed by atoms with E-state index in [9.17, 15) is 9.59 Å². The number of hydrogen-bond donors (Lipinski definition) is 0. The summed E-state index contributed by atoms with van der Waals surface area (Å²) in [7, 11) is 1.62. The molecule has 152 valence electrons. The highest BCUT2D eigenvalue weighted by Crippen LogP contribution is 2.25. The summed E-state index contributed by atoms with van der Waals surface area (Å²) >= 11 is 0. The average Bonchev–Trinajstić information content (AvgIpc) is 3.33. The molecule has 2 aromatic heterocycles. The number of amides is 1. The number of likely N-dealkylation sites (tertiary alicyclic amines) is 1. The summed E-state index contributed by atoms with van der Waals surface area (Å²) in [5, 5.41) is 0. The van der Waals surface area contributed by atoms with Gasteiger partial charge in [0.1, 0.15) is 0 Å². The number of aryl methyl sites for hydroxylation is 1. The van der Waals surface area contributed by atoms with Crippen LogP contribution in [0.2, 0.25) is 0 Å². The number of ether oxygens (including phenoxy) is 1. The third-order valence-corrected chi connectivity index (χ3v) is 5.59. The lowest BCUT2D eigenvalue weighted by Gasteiger charge is -2.17. The fourth-order valence-corrected chi connectivity index (χ4v) is 4.07. The van der Waals surface area contributed by atoms with Crippen molar-refractivity contribution >= 4 is 17.1 Å². The standard InChI is InChI=1S/C22H26N4O3/c1-29-15-14-25-19-8-5-12-23-21(19)26(22(25)28)18-11-13-24(16-18)20(27)10-9-17-6-3-2-4-7-17/h2-8,12,18H,9-11,13-16H2,1H3. The number of hydrogen-bond acceptors (Lipinski definition) is 4. The van der Waals surface area contributed by atoms with Crippen molar-refractivity contribution in [1.29, 1.82) is 0 Å². The predicted molar refractivity (Wildman–Crippen MR) is 111 cm³/mol. The number of methoxy groups -OCH3 is 1. The van der Waals surface area contributed by atoms with Gasteiger partial charge in [0, 0.05) is 32.8 Å². The van der Waals surface area contributed by atoms with E-state index in [1.165, 1.54) is 5.56 Å². The first-order valence-corrected chi connectivity index (χ1v) is 10.1. The number of carbonyl (C=O) groups excluding carboxylic acids is 1. The van der Waals surface area contributed by atoms with Gasteiger partial charge in [0.25, 0.3) is 0 Å². The molecule has 1 amide bonds. The number of benzene rings is 1. The van der Waals surface area contributed by atoms with Crippen molar-refractivity contribution in [3.05, 3.63) is 64.7 Å². The minimum absolute atomic E-state index is 0.0515. The molecular formula is C22H26N4O3. The third kappa shape index (κ3) is 3.96. The number of aromatic nitrogens is 3. The summed E-state index contributed by atoms with van der Waals surface area (Å²) in [5.74, 6) is 0.139. The van der Waals surface area contributed by atoms with Crippen LogP contribution in [0, 0.1) is 0 Å². The van der Waals surface area contributed by atoms with Crippen molar-refractivity contribution in [3.63, 3.8) is 0 Å². The van der Waals surface area contributed by atoms with Gasteiger partial charge in [-0.05, 0) is 30.5 Å². The molecule has 1 aliphatic rings. The normalized spacial score (nSPS) is 16.6. The lowest BCUT2D eigenvalue weighted by Crippen LogP contribution is -2.32. The van der Waals surface area contributed by atoms with Crippen LogP contribution in [-0.4, -0.2) is 51.7 Å². The van der Waals surface area contributed by atoms with E-state index in [1.807, 2.05) is 47.4 Å². The van der Waals surface area contributed by atoms with Gasteiger partial charge in [0.2, 0.25) is 5.91 Å². The number of pyridine rings is 1. The smallest absolute Gasteiger partial charge is 0.330 e. The van der Waals surface area contributed by atoms with E-state index in [0.717, 1.165) is 18.4 Å². The fourth-order valence-electron chi connectivity index (χ4n) is 4.07. The number of imidazole rings is 1. The third-order valence-electron chi connectivity index (χ3n) is 5.59.